The normalized spacial score (nSPS) is 15.1. The molecule has 0 saturated heterocycles. The number of carbonyl (C=O) groups excluding carboxylic acids is 1. The summed E-state index contributed by atoms with van der Waals surface area (Å²) in [7, 11) is 0. The Morgan fingerprint density at radius 1 is 1.38 bits per heavy atom. The molecule has 0 aliphatic heterocycles. The first-order chi connectivity index (χ1) is 7.66. The third-order valence-electron chi connectivity index (χ3n) is 3.10. The van der Waals surface area contributed by atoms with Gasteiger partial charge in [-0.15, -0.1) is 0 Å². The van der Waals surface area contributed by atoms with Crippen molar-refractivity contribution in [3.05, 3.63) is 34.9 Å². The van der Waals surface area contributed by atoms with Crippen LogP contribution in [0.1, 0.15) is 34.3 Å². The maximum atomic E-state index is 11.9. The molecule has 1 N–H and O–H groups in total. The molecule has 0 radical (unpaired) electrons. The molecule has 1 fully saturated rings. The zero-order valence-corrected chi connectivity index (χ0v) is 10.0. The predicted octanol–water partition coefficient (Wildman–Crippen LogP) is 2.49. The summed E-state index contributed by atoms with van der Waals surface area (Å²) in [6, 6.07) is 6.00. The number of Topliss-reactive ketones (excluding diaryl/α,β-unsaturated/α-hetero) is 1. The highest BCUT2D eigenvalue weighted by Gasteiger charge is 2.20. The van der Waals surface area contributed by atoms with Crippen LogP contribution in [0.25, 0.3) is 0 Å². The van der Waals surface area contributed by atoms with E-state index in [9.17, 15) is 4.79 Å². The summed E-state index contributed by atoms with van der Waals surface area (Å²) in [5.41, 5.74) is 3.15. The summed E-state index contributed by atoms with van der Waals surface area (Å²) in [4.78, 5) is 11.9. The number of hydrogen-bond donors (Lipinski definition) is 1. The third kappa shape index (κ3) is 2.92. The average Bonchev–Trinajstić information content (AvgIpc) is 3.01. The number of hydrogen-bond acceptors (Lipinski definition) is 2. The molecule has 0 bridgehead atoms. The fourth-order valence-electron chi connectivity index (χ4n) is 1.93. The lowest BCUT2D eigenvalue weighted by molar-refractivity contribution is 0.0990. The molecule has 0 unspecified atom stereocenters. The minimum atomic E-state index is 0.207. The first kappa shape index (κ1) is 11.3. The Morgan fingerprint density at radius 3 is 2.75 bits per heavy atom. The van der Waals surface area contributed by atoms with E-state index in [1.165, 1.54) is 18.4 Å². The van der Waals surface area contributed by atoms with Gasteiger partial charge in [0.15, 0.2) is 5.78 Å². The van der Waals surface area contributed by atoms with E-state index in [1.54, 1.807) is 0 Å². The van der Waals surface area contributed by atoms with Crippen molar-refractivity contribution in [2.24, 2.45) is 5.92 Å². The number of rotatable bonds is 5. The maximum absolute atomic E-state index is 11.9. The first-order valence-electron chi connectivity index (χ1n) is 5.98. The number of carbonyl (C=O) groups is 1. The molecular formula is C14H19NO. The van der Waals surface area contributed by atoms with Crippen LogP contribution in [0.15, 0.2) is 18.2 Å². The largest absolute Gasteiger partial charge is 0.309 e. The van der Waals surface area contributed by atoms with E-state index in [1.807, 2.05) is 26.0 Å². The third-order valence-corrected chi connectivity index (χ3v) is 3.10. The van der Waals surface area contributed by atoms with Gasteiger partial charge in [0.25, 0.3) is 0 Å². The van der Waals surface area contributed by atoms with Crippen LogP contribution in [0.3, 0.4) is 0 Å². The Hall–Kier alpha value is -1.15. The summed E-state index contributed by atoms with van der Waals surface area (Å²) < 4.78 is 0. The number of aryl methyl sites for hydroxylation is 2. The van der Waals surface area contributed by atoms with Crippen LogP contribution < -0.4 is 5.32 Å². The Morgan fingerprint density at radius 2 is 2.12 bits per heavy atom. The van der Waals surface area contributed by atoms with Gasteiger partial charge in [-0.25, -0.2) is 0 Å². The summed E-state index contributed by atoms with van der Waals surface area (Å²) in [5.74, 6) is 1.03. The molecule has 0 atom stereocenters. The van der Waals surface area contributed by atoms with Gasteiger partial charge in [0.05, 0.1) is 6.54 Å². The minimum absolute atomic E-state index is 0.207. The number of ketones is 1. The van der Waals surface area contributed by atoms with Crippen LogP contribution in [0.2, 0.25) is 0 Å². The van der Waals surface area contributed by atoms with Crippen molar-refractivity contribution in [2.45, 2.75) is 26.7 Å². The van der Waals surface area contributed by atoms with E-state index in [4.69, 9.17) is 0 Å². The van der Waals surface area contributed by atoms with Crippen LogP contribution in [-0.4, -0.2) is 18.9 Å². The summed E-state index contributed by atoms with van der Waals surface area (Å²) in [6.07, 6.45) is 2.65. The van der Waals surface area contributed by atoms with Crippen molar-refractivity contribution in [2.75, 3.05) is 13.1 Å². The molecule has 0 aromatic heterocycles. The van der Waals surface area contributed by atoms with Crippen molar-refractivity contribution in [1.29, 1.82) is 0 Å². The van der Waals surface area contributed by atoms with Crippen LogP contribution >= 0.6 is 0 Å². The van der Waals surface area contributed by atoms with E-state index in [2.05, 4.69) is 11.4 Å². The monoisotopic (exact) mass is 217 g/mol. The van der Waals surface area contributed by atoms with Gasteiger partial charge < -0.3 is 5.32 Å². The van der Waals surface area contributed by atoms with Gasteiger partial charge in [-0.1, -0.05) is 23.8 Å². The quantitative estimate of drug-likeness (QED) is 0.768. The molecule has 2 heteroatoms. The predicted molar refractivity (Wildman–Crippen MR) is 65.8 cm³/mol. The second-order valence-electron chi connectivity index (χ2n) is 4.82. The molecule has 1 aromatic carbocycles. The molecule has 0 spiro atoms. The number of nitrogens with one attached hydrogen (secondary N) is 1. The second kappa shape index (κ2) is 4.79. The lowest BCUT2D eigenvalue weighted by Crippen LogP contribution is -2.25. The zero-order valence-electron chi connectivity index (χ0n) is 10.0. The van der Waals surface area contributed by atoms with Crippen molar-refractivity contribution < 1.29 is 4.79 Å². The first-order valence-corrected chi connectivity index (χ1v) is 5.98. The topological polar surface area (TPSA) is 29.1 Å². The van der Waals surface area contributed by atoms with Gasteiger partial charge >= 0.3 is 0 Å². The van der Waals surface area contributed by atoms with Crippen LogP contribution in [0.4, 0.5) is 0 Å². The fourth-order valence-corrected chi connectivity index (χ4v) is 1.93. The van der Waals surface area contributed by atoms with E-state index in [0.29, 0.717) is 6.54 Å². The Balaban J connectivity index is 1.91. The van der Waals surface area contributed by atoms with Crippen molar-refractivity contribution in [3.8, 4) is 0 Å². The van der Waals surface area contributed by atoms with Gasteiger partial charge in [0, 0.05) is 5.56 Å². The number of benzene rings is 1. The highest BCUT2D eigenvalue weighted by atomic mass is 16.1. The van der Waals surface area contributed by atoms with Crippen molar-refractivity contribution >= 4 is 5.78 Å². The van der Waals surface area contributed by atoms with Crippen LogP contribution in [0, 0.1) is 19.8 Å². The Bertz CT molecular complexity index is 394. The molecule has 0 heterocycles. The molecular weight excluding hydrogens is 198 g/mol. The SMILES string of the molecule is Cc1ccc(C(=O)CNCC2CC2)c(C)c1. The van der Waals surface area contributed by atoms with Crippen LogP contribution in [-0.2, 0) is 0 Å². The van der Waals surface area contributed by atoms with Crippen LogP contribution in [0.5, 0.6) is 0 Å². The molecule has 1 aliphatic rings. The van der Waals surface area contributed by atoms with Gasteiger partial charge in [-0.2, -0.15) is 0 Å². The molecule has 2 rings (SSSR count). The van der Waals surface area contributed by atoms with Crippen molar-refractivity contribution in [1.82, 2.24) is 5.32 Å². The Labute approximate surface area is 97.1 Å². The molecule has 1 saturated carbocycles. The highest BCUT2D eigenvalue weighted by molar-refractivity contribution is 5.98. The fraction of sp³-hybridized carbons (Fsp3) is 0.500. The molecule has 86 valence electrons. The molecule has 2 nitrogen and oxygen atoms in total. The van der Waals surface area contributed by atoms with E-state index in [0.717, 1.165) is 23.6 Å². The van der Waals surface area contributed by atoms with E-state index in [-0.39, 0.29) is 5.78 Å². The lowest BCUT2D eigenvalue weighted by Gasteiger charge is -2.07. The second-order valence-corrected chi connectivity index (χ2v) is 4.82. The van der Waals surface area contributed by atoms with Gasteiger partial charge in [-0.05, 0) is 44.7 Å². The molecule has 16 heavy (non-hydrogen) atoms. The smallest absolute Gasteiger partial charge is 0.176 e. The maximum Gasteiger partial charge on any atom is 0.176 e. The summed E-state index contributed by atoms with van der Waals surface area (Å²) in [5, 5.41) is 3.24. The summed E-state index contributed by atoms with van der Waals surface area (Å²) in [6.45, 7) is 5.52. The van der Waals surface area contributed by atoms with Gasteiger partial charge in [-0.3, -0.25) is 4.79 Å². The summed E-state index contributed by atoms with van der Waals surface area (Å²) >= 11 is 0. The van der Waals surface area contributed by atoms with Crippen molar-refractivity contribution in [3.63, 3.8) is 0 Å². The lowest BCUT2D eigenvalue weighted by atomic mass is 10.0. The molecule has 0 amide bonds. The standard InChI is InChI=1S/C14H19NO/c1-10-3-6-13(11(2)7-10)14(16)9-15-8-12-4-5-12/h3,6-7,12,15H,4-5,8-9H2,1-2H3. The zero-order chi connectivity index (χ0) is 11.5. The molecule has 1 aliphatic carbocycles. The van der Waals surface area contributed by atoms with E-state index >= 15 is 0 Å². The minimum Gasteiger partial charge on any atom is -0.309 e. The van der Waals surface area contributed by atoms with Gasteiger partial charge in [0.2, 0.25) is 0 Å². The molecule has 1 aromatic rings. The Kier molecular flexibility index (Phi) is 3.39. The average molecular weight is 217 g/mol. The highest BCUT2D eigenvalue weighted by Crippen LogP contribution is 2.27. The van der Waals surface area contributed by atoms with Gasteiger partial charge in [0.1, 0.15) is 0 Å². The van der Waals surface area contributed by atoms with E-state index < -0.39 is 0 Å².